The molecule has 10 nitrogen and oxygen atoms in total. The molecule has 0 aromatic carbocycles. The minimum atomic E-state index is -1.12. The summed E-state index contributed by atoms with van der Waals surface area (Å²) < 4.78 is 30.9. The second-order valence-electron chi connectivity index (χ2n) is 15.2. The maximum Gasteiger partial charge on any atom is 0.229 e. The first-order valence-electron chi connectivity index (χ1n) is 18.2. The van der Waals surface area contributed by atoms with Crippen molar-refractivity contribution in [3.05, 3.63) is 0 Å². The van der Waals surface area contributed by atoms with E-state index in [9.17, 15) is 9.59 Å². The summed E-state index contributed by atoms with van der Waals surface area (Å²) >= 11 is 0. The van der Waals surface area contributed by atoms with Gasteiger partial charge >= 0.3 is 0 Å². The summed E-state index contributed by atoms with van der Waals surface area (Å²) in [6, 6.07) is -0.229. The number of piperidine rings is 4. The third kappa shape index (κ3) is 6.05. The summed E-state index contributed by atoms with van der Waals surface area (Å²) in [7, 11) is 0. The molecule has 0 radical (unpaired) electrons. The van der Waals surface area contributed by atoms with Crippen LogP contribution >= 0.6 is 0 Å². The number of halogens is 2. The lowest BCUT2D eigenvalue weighted by Gasteiger charge is -2.65. The molecule has 6 aliphatic heterocycles. The molecule has 5 N–H and O–H groups in total. The lowest BCUT2D eigenvalue weighted by atomic mass is 9.69. The van der Waals surface area contributed by atoms with E-state index in [1.807, 2.05) is 4.90 Å². The van der Waals surface area contributed by atoms with Gasteiger partial charge in [0.2, 0.25) is 11.8 Å². The number of hydrogen-bond acceptors (Lipinski definition) is 8. The van der Waals surface area contributed by atoms with Gasteiger partial charge in [-0.05, 0) is 77.5 Å². The lowest BCUT2D eigenvalue weighted by molar-refractivity contribution is -0.204. The molecular formula is C33H56F2N8O2. The average molecular weight is 635 g/mol. The van der Waals surface area contributed by atoms with Gasteiger partial charge < -0.3 is 26.2 Å². The van der Waals surface area contributed by atoms with Gasteiger partial charge in [-0.2, -0.15) is 0 Å². The predicted octanol–water partition coefficient (Wildman–Crippen LogP) is 1.16. The highest BCUT2D eigenvalue weighted by Gasteiger charge is 2.63. The van der Waals surface area contributed by atoms with E-state index in [1.54, 1.807) is 0 Å². The van der Waals surface area contributed by atoms with Crippen molar-refractivity contribution >= 4 is 11.8 Å². The predicted molar refractivity (Wildman–Crippen MR) is 169 cm³/mol. The van der Waals surface area contributed by atoms with Crippen molar-refractivity contribution in [2.24, 2.45) is 17.6 Å². The number of nitrogens with zero attached hydrogens (tertiary/aromatic N) is 4. The molecule has 7 aliphatic rings. The van der Waals surface area contributed by atoms with Crippen molar-refractivity contribution in [2.45, 2.75) is 125 Å². The van der Waals surface area contributed by atoms with Crippen molar-refractivity contribution in [3.8, 4) is 0 Å². The second kappa shape index (κ2) is 13.6. The molecule has 45 heavy (non-hydrogen) atoms. The van der Waals surface area contributed by atoms with Gasteiger partial charge in [0.05, 0.1) is 35.9 Å². The zero-order valence-electron chi connectivity index (χ0n) is 27.0. The van der Waals surface area contributed by atoms with E-state index in [1.165, 1.54) is 32.4 Å². The highest BCUT2D eigenvalue weighted by Crippen LogP contribution is 2.48. The van der Waals surface area contributed by atoms with Crippen LogP contribution in [-0.4, -0.2) is 139 Å². The van der Waals surface area contributed by atoms with E-state index in [-0.39, 0.29) is 37.0 Å². The number of nitrogens with one attached hydrogen (secondary N) is 3. The number of rotatable bonds is 5. The molecule has 12 heteroatoms. The Morgan fingerprint density at radius 3 is 2.20 bits per heavy atom. The van der Waals surface area contributed by atoms with Crippen LogP contribution < -0.4 is 21.7 Å². The lowest BCUT2D eigenvalue weighted by Crippen LogP contribution is -2.86. The average Bonchev–Trinajstić information content (AvgIpc) is 3.07. The molecular weight excluding hydrogens is 578 g/mol. The molecule has 2 amide bonds. The Kier molecular flexibility index (Phi) is 9.70. The number of likely N-dealkylation sites (tertiary alicyclic amines) is 3. The van der Waals surface area contributed by atoms with Gasteiger partial charge in [-0.3, -0.25) is 24.7 Å². The molecule has 0 aromatic heterocycles. The van der Waals surface area contributed by atoms with Crippen LogP contribution in [0.25, 0.3) is 0 Å². The van der Waals surface area contributed by atoms with Crippen LogP contribution in [0.2, 0.25) is 0 Å². The molecule has 0 aromatic rings. The van der Waals surface area contributed by atoms with Crippen molar-refractivity contribution in [1.29, 1.82) is 0 Å². The molecule has 6 saturated heterocycles. The Bertz CT molecular complexity index is 1040. The molecule has 7 rings (SSSR count). The monoisotopic (exact) mass is 634 g/mol. The van der Waals surface area contributed by atoms with E-state index in [0.29, 0.717) is 25.7 Å². The van der Waals surface area contributed by atoms with Gasteiger partial charge in [-0.1, -0.05) is 25.7 Å². The number of hydrogen-bond donors (Lipinski definition) is 4. The van der Waals surface area contributed by atoms with Crippen molar-refractivity contribution in [3.63, 3.8) is 0 Å². The number of fused-ring (bicyclic) bond motifs is 2. The van der Waals surface area contributed by atoms with Gasteiger partial charge in [0, 0.05) is 44.7 Å². The zero-order valence-corrected chi connectivity index (χ0v) is 27.0. The van der Waals surface area contributed by atoms with Crippen LogP contribution in [0.15, 0.2) is 0 Å². The van der Waals surface area contributed by atoms with E-state index in [0.717, 1.165) is 70.9 Å². The minimum Gasteiger partial charge on any atom is -0.350 e. The molecule has 1 aliphatic carbocycles. The molecule has 7 atom stereocenters. The number of nitrogens with two attached hydrogens (primary N) is 1. The first kappa shape index (κ1) is 32.1. The van der Waals surface area contributed by atoms with E-state index >= 15 is 8.78 Å². The van der Waals surface area contributed by atoms with Crippen molar-refractivity contribution in [2.75, 3.05) is 58.9 Å². The van der Waals surface area contributed by atoms with Crippen LogP contribution in [0.1, 0.15) is 77.0 Å². The third-order valence-electron chi connectivity index (χ3n) is 12.8. The van der Waals surface area contributed by atoms with Crippen molar-refractivity contribution < 1.29 is 18.4 Å². The summed E-state index contributed by atoms with van der Waals surface area (Å²) in [5.41, 5.74) is 6.05. The fourth-order valence-corrected chi connectivity index (χ4v) is 10.2. The Morgan fingerprint density at radius 2 is 1.49 bits per heavy atom. The van der Waals surface area contributed by atoms with Crippen molar-refractivity contribution in [1.82, 2.24) is 35.6 Å². The second-order valence-corrected chi connectivity index (χ2v) is 15.2. The smallest absolute Gasteiger partial charge is 0.229 e. The highest BCUT2D eigenvalue weighted by atomic mass is 19.1. The molecule has 6 heterocycles. The normalized spacial score (nSPS) is 39.3. The Balaban J connectivity index is 0.926. The maximum atomic E-state index is 15.6. The van der Waals surface area contributed by atoms with Crippen LogP contribution in [0.5, 0.6) is 0 Å². The van der Waals surface area contributed by atoms with Crippen LogP contribution in [-0.2, 0) is 9.59 Å². The highest BCUT2D eigenvalue weighted by molar-refractivity contribution is 5.82. The van der Waals surface area contributed by atoms with Gasteiger partial charge in [0.15, 0.2) is 0 Å². The summed E-state index contributed by atoms with van der Waals surface area (Å²) in [5.74, 6) is -0.417. The summed E-state index contributed by atoms with van der Waals surface area (Å²) in [4.78, 5) is 36.1. The van der Waals surface area contributed by atoms with E-state index in [2.05, 4.69) is 30.7 Å². The van der Waals surface area contributed by atoms with Crippen LogP contribution in [0, 0.1) is 11.8 Å². The molecule has 1 saturated carbocycles. The molecule has 7 unspecified atom stereocenters. The molecule has 0 bridgehead atoms. The summed E-state index contributed by atoms with van der Waals surface area (Å²) in [6.45, 7) is 6.38. The first-order chi connectivity index (χ1) is 21.9. The summed E-state index contributed by atoms with van der Waals surface area (Å²) in [5, 5.41) is 9.60. The number of carbonyl (C=O) groups excluding carboxylic acids is 2. The van der Waals surface area contributed by atoms with Gasteiger partial charge in [-0.15, -0.1) is 0 Å². The maximum absolute atomic E-state index is 15.6. The topological polar surface area (TPSA) is 109 Å². The van der Waals surface area contributed by atoms with Gasteiger partial charge in [-0.25, -0.2) is 8.78 Å². The fraction of sp³-hybridized carbons (Fsp3) is 0.939. The zero-order chi connectivity index (χ0) is 31.1. The standard InChI is InChI=1S/C33H56F2N8O2/c34-24-19-37-20-25(39-31(44)27-29(36)43-30(27)38-21-26(35)33(43)11-3-1-4-12-33)28(24)41-15-7-22(8-16-41)32(45)42-17-9-23(10-18-42)40-13-5-2-6-14-40/h22-30,37-38H,1-21,36H2,(H,39,44). The number of amides is 2. The summed E-state index contributed by atoms with van der Waals surface area (Å²) in [6.07, 6.45) is 9.21. The quantitative estimate of drug-likeness (QED) is 0.357. The first-order valence-corrected chi connectivity index (χ1v) is 18.2. The minimum absolute atomic E-state index is 0.0108. The Labute approximate surface area is 267 Å². The SMILES string of the molecule is NC1C(C(=O)NC2CNCC(F)C2N2CCC(C(=O)N3CCC(N4CCCCC4)CC3)CC2)C2NCC(F)C3(CCCCC3)N12. The number of carbonyl (C=O) groups is 2. The van der Waals surface area contributed by atoms with E-state index in [4.69, 9.17) is 5.73 Å². The van der Waals surface area contributed by atoms with E-state index < -0.39 is 42.0 Å². The van der Waals surface area contributed by atoms with Crippen LogP contribution in [0.3, 0.4) is 0 Å². The largest absolute Gasteiger partial charge is 0.350 e. The Morgan fingerprint density at radius 1 is 0.800 bits per heavy atom. The fourth-order valence-electron chi connectivity index (χ4n) is 10.2. The number of alkyl halides is 2. The van der Waals surface area contributed by atoms with Crippen LogP contribution in [0.4, 0.5) is 8.78 Å². The molecule has 1 spiro atoms. The third-order valence-corrected chi connectivity index (χ3v) is 12.8. The van der Waals surface area contributed by atoms with Gasteiger partial charge in [0.1, 0.15) is 12.3 Å². The Hall–Kier alpha value is -1.44. The van der Waals surface area contributed by atoms with Gasteiger partial charge in [0.25, 0.3) is 0 Å². The molecule has 7 fully saturated rings. The molecule has 254 valence electrons.